The molecule has 8 heteroatoms. The first kappa shape index (κ1) is 25.3. The number of rotatable bonds is 6. The Morgan fingerprint density at radius 2 is 1.83 bits per heavy atom. The SMILES string of the molecule is Cc1cc(Nc2ccc3c(n2)c(O[C@H]2CC[C@H](C(=O)OC(C)(C)C)CC2)nn3C)c(C2CC2)cc1I. The number of benzene rings is 1. The molecule has 5 rings (SSSR count). The van der Waals surface area contributed by atoms with Crippen molar-refractivity contribution < 1.29 is 14.3 Å². The van der Waals surface area contributed by atoms with Crippen LogP contribution in [0.2, 0.25) is 0 Å². The zero-order chi connectivity index (χ0) is 25.6. The fraction of sp³-hybridized carbons (Fsp3) is 0.536. The first-order chi connectivity index (χ1) is 17.1. The van der Waals surface area contributed by atoms with Crippen LogP contribution in [0.25, 0.3) is 11.0 Å². The molecule has 192 valence electrons. The van der Waals surface area contributed by atoms with Crippen LogP contribution in [-0.4, -0.2) is 32.4 Å². The monoisotopic (exact) mass is 602 g/mol. The number of fused-ring (bicyclic) bond motifs is 1. The predicted octanol–water partition coefficient (Wildman–Crippen LogP) is 6.78. The van der Waals surface area contributed by atoms with Gasteiger partial charge in [0.15, 0.2) is 5.52 Å². The highest BCUT2D eigenvalue weighted by atomic mass is 127. The number of nitrogens with one attached hydrogen (secondary N) is 1. The Bertz CT molecular complexity index is 1280. The van der Waals surface area contributed by atoms with Crippen molar-refractivity contribution >= 4 is 51.1 Å². The normalized spacial score (nSPS) is 20.4. The third kappa shape index (κ3) is 5.63. The number of pyridine rings is 1. The molecule has 2 heterocycles. The van der Waals surface area contributed by atoms with E-state index >= 15 is 0 Å². The molecule has 0 spiro atoms. The van der Waals surface area contributed by atoms with E-state index in [0.717, 1.165) is 48.2 Å². The highest BCUT2D eigenvalue weighted by Gasteiger charge is 2.31. The minimum atomic E-state index is -0.453. The second-order valence-electron chi connectivity index (χ2n) is 11.2. The summed E-state index contributed by atoms with van der Waals surface area (Å²) in [5, 5.41) is 8.20. The minimum Gasteiger partial charge on any atom is -0.472 e. The van der Waals surface area contributed by atoms with Crippen molar-refractivity contribution in [1.29, 1.82) is 0 Å². The molecule has 0 bridgehead atoms. The minimum absolute atomic E-state index is 0.0144. The third-order valence-corrected chi connectivity index (χ3v) is 8.13. The van der Waals surface area contributed by atoms with Gasteiger partial charge in [0.25, 0.3) is 5.88 Å². The Morgan fingerprint density at radius 1 is 1.11 bits per heavy atom. The lowest BCUT2D eigenvalue weighted by molar-refractivity contribution is -0.161. The van der Waals surface area contributed by atoms with Gasteiger partial charge < -0.3 is 14.8 Å². The molecule has 0 radical (unpaired) electrons. The lowest BCUT2D eigenvalue weighted by Gasteiger charge is -2.29. The van der Waals surface area contributed by atoms with Crippen molar-refractivity contribution in [3.8, 4) is 5.88 Å². The van der Waals surface area contributed by atoms with E-state index in [9.17, 15) is 4.79 Å². The number of hydrogen-bond acceptors (Lipinski definition) is 6. The molecule has 0 atom stereocenters. The number of anilines is 2. The van der Waals surface area contributed by atoms with Crippen molar-refractivity contribution in [3.63, 3.8) is 0 Å². The van der Waals surface area contributed by atoms with Crippen molar-refractivity contribution in [2.24, 2.45) is 13.0 Å². The molecule has 2 aromatic heterocycles. The number of nitrogens with zero attached hydrogens (tertiary/aromatic N) is 3. The van der Waals surface area contributed by atoms with Crippen LogP contribution in [0.15, 0.2) is 24.3 Å². The number of ether oxygens (including phenoxy) is 2. The van der Waals surface area contributed by atoms with Crippen LogP contribution < -0.4 is 10.1 Å². The van der Waals surface area contributed by atoms with Crippen molar-refractivity contribution in [1.82, 2.24) is 14.8 Å². The van der Waals surface area contributed by atoms with Gasteiger partial charge in [0, 0.05) is 16.3 Å². The molecule has 2 saturated carbocycles. The van der Waals surface area contributed by atoms with E-state index in [1.54, 1.807) is 0 Å². The molecule has 1 aromatic carbocycles. The molecule has 0 unspecified atom stereocenters. The van der Waals surface area contributed by atoms with Gasteiger partial charge in [-0.25, -0.2) is 4.98 Å². The fourth-order valence-electron chi connectivity index (χ4n) is 4.89. The van der Waals surface area contributed by atoms with Crippen LogP contribution in [0.3, 0.4) is 0 Å². The topological polar surface area (TPSA) is 78.3 Å². The molecular formula is C28H35IN4O3. The summed E-state index contributed by atoms with van der Waals surface area (Å²) in [7, 11) is 1.91. The summed E-state index contributed by atoms with van der Waals surface area (Å²) in [5.41, 5.74) is 5.00. The first-order valence-electron chi connectivity index (χ1n) is 12.9. The number of carbonyl (C=O) groups excluding carboxylic acids is 1. The van der Waals surface area contributed by atoms with Gasteiger partial charge in [-0.3, -0.25) is 9.48 Å². The summed E-state index contributed by atoms with van der Waals surface area (Å²) in [4.78, 5) is 17.4. The summed E-state index contributed by atoms with van der Waals surface area (Å²) in [5.74, 6) is 1.82. The van der Waals surface area contributed by atoms with Gasteiger partial charge in [-0.15, -0.1) is 5.10 Å². The number of esters is 1. The van der Waals surface area contributed by atoms with E-state index in [1.807, 2.05) is 44.6 Å². The molecule has 0 amide bonds. The number of halogens is 1. The number of hydrogen-bond donors (Lipinski definition) is 1. The summed E-state index contributed by atoms with van der Waals surface area (Å²) >= 11 is 2.42. The van der Waals surface area contributed by atoms with E-state index in [2.05, 4.69) is 52.1 Å². The van der Waals surface area contributed by atoms with E-state index in [4.69, 9.17) is 14.5 Å². The number of aromatic nitrogens is 3. The van der Waals surface area contributed by atoms with Gasteiger partial charge in [-0.2, -0.15) is 0 Å². The fourth-order valence-corrected chi connectivity index (χ4v) is 5.38. The van der Waals surface area contributed by atoms with Crippen LogP contribution in [-0.2, 0) is 16.6 Å². The van der Waals surface area contributed by atoms with E-state index in [0.29, 0.717) is 11.8 Å². The molecule has 2 aliphatic carbocycles. The van der Waals surface area contributed by atoms with Gasteiger partial charge in [0.05, 0.1) is 11.4 Å². The van der Waals surface area contributed by atoms with E-state index in [-0.39, 0.29) is 18.0 Å². The molecule has 3 aromatic rings. The Morgan fingerprint density at radius 3 is 2.50 bits per heavy atom. The maximum Gasteiger partial charge on any atom is 0.309 e. The van der Waals surface area contributed by atoms with Crippen LogP contribution in [0.5, 0.6) is 5.88 Å². The van der Waals surface area contributed by atoms with Crippen LogP contribution in [0.4, 0.5) is 11.5 Å². The maximum atomic E-state index is 12.5. The first-order valence-corrected chi connectivity index (χ1v) is 14.0. The van der Waals surface area contributed by atoms with E-state index in [1.165, 1.54) is 27.5 Å². The lowest BCUT2D eigenvalue weighted by atomic mass is 9.87. The standard InChI is InChI=1S/C28H35IN4O3/c1-16-14-22(20(15-21(16)29)17-6-7-17)30-24-13-12-23-25(31-24)26(32-33(23)5)35-19-10-8-18(9-11-19)27(34)36-28(2,3)4/h12-15,17-19H,6-11H2,1-5H3,(H,30,31)/t18-,19-. The summed E-state index contributed by atoms with van der Waals surface area (Å²) in [6.45, 7) is 7.88. The molecule has 7 nitrogen and oxygen atoms in total. The Kier molecular flexibility index (Phi) is 6.91. The Labute approximate surface area is 226 Å². The molecule has 36 heavy (non-hydrogen) atoms. The second kappa shape index (κ2) is 9.84. The molecule has 1 N–H and O–H groups in total. The lowest BCUT2D eigenvalue weighted by Crippen LogP contribution is -2.33. The second-order valence-corrected chi connectivity index (χ2v) is 12.4. The Balaban J connectivity index is 1.31. The van der Waals surface area contributed by atoms with Gasteiger partial charge in [-0.05, 0) is 130 Å². The smallest absolute Gasteiger partial charge is 0.309 e. The van der Waals surface area contributed by atoms with Gasteiger partial charge in [0.2, 0.25) is 0 Å². The largest absolute Gasteiger partial charge is 0.472 e. The average molecular weight is 603 g/mol. The zero-order valence-electron chi connectivity index (χ0n) is 21.7. The van der Waals surface area contributed by atoms with Crippen molar-refractivity contribution in [2.75, 3.05) is 5.32 Å². The highest BCUT2D eigenvalue weighted by molar-refractivity contribution is 14.1. The molecule has 2 fully saturated rings. The van der Waals surface area contributed by atoms with Crippen LogP contribution in [0.1, 0.15) is 76.3 Å². The highest BCUT2D eigenvalue weighted by Crippen LogP contribution is 2.45. The maximum absolute atomic E-state index is 12.5. The van der Waals surface area contributed by atoms with Crippen LogP contribution in [0, 0.1) is 16.4 Å². The number of carbonyl (C=O) groups is 1. The summed E-state index contributed by atoms with van der Waals surface area (Å²) < 4.78 is 15.1. The number of aryl methyl sites for hydroxylation is 2. The average Bonchev–Trinajstić information content (AvgIpc) is 3.61. The Hall–Kier alpha value is -2.36. The summed E-state index contributed by atoms with van der Waals surface area (Å²) in [6, 6.07) is 8.58. The molecule has 0 aliphatic heterocycles. The van der Waals surface area contributed by atoms with Crippen molar-refractivity contribution in [3.05, 3.63) is 39.0 Å². The predicted molar refractivity (Wildman–Crippen MR) is 150 cm³/mol. The molecule has 2 aliphatic rings. The van der Waals surface area contributed by atoms with Gasteiger partial charge >= 0.3 is 5.97 Å². The van der Waals surface area contributed by atoms with Crippen LogP contribution >= 0.6 is 22.6 Å². The third-order valence-electron chi connectivity index (χ3n) is 6.97. The quantitative estimate of drug-likeness (QED) is 0.248. The zero-order valence-corrected chi connectivity index (χ0v) is 23.9. The van der Waals surface area contributed by atoms with E-state index < -0.39 is 5.60 Å². The summed E-state index contributed by atoms with van der Waals surface area (Å²) in [6.07, 6.45) is 5.63. The molecular weight excluding hydrogens is 567 g/mol. The molecule has 0 saturated heterocycles. The van der Waals surface area contributed by atoms with Gasteiger partial charge in [-0.1, -0.05) is 0 Å². The van der Waals surface area contributed by atoms with Gasteiger partial charge in [0.1, 0.15) is 17.5 Å². The van der Waals surface area contributed by atoms with Crippen molar-refractivity contribution in [2.45, 2.75) is 83.8 Å².